The molecule has 1 unspecified atom stereocenters. The van der Waals surface area contributed by atoms with Crippen molar-refractivity contribution < 1.29 is 4.74 Å². The quantitative estimate of drug-likeness (QED) is 0.567. The van der Waals surface area contributed by atoms with Gasteiger partial charge in [0.2, 0.25) is 0 Å². The van der Waals surface area contributed by atoms with Gasteiger partial charge in [0, 0.05) is 10.8 Å². The molecule has 1 nitrogen and oxygen atoms in total. The van der Waals surface area contributed by atoms with Crippen LogP contribution in [0.25, 0.3) is 0 Å². The number of halogens is 1. The van der Waals surface area contributed by atoms with Crippen LogP contribution in [-0.4, -0.2) is 10.5 Å². The van der Waals surface area contributed by atoms with Crippen LogP contribution >= 0.6 is 22.6 Å². The number of hydrogen-bond donors (Lipinski definition) is 0. The fourth-order valence-corrected chi connectivity index (χ4v) is 2.36. The molecule has 0 fully saturated rings. The van der Waals surface area contributed by atoms with E-state index in [0.29, 0.717) is 6.10 Å². The Labute approximate surface area is 105 Å². The second-order valence-electron chi connectivity index (χ2n) is 5.17. The molecule has 0 amide bonds. The molecule has 1 heterocycles. The van der Waals surface area contributed by atoms with Gasteiger partial charge in [0.15, 0.2) is 0 Å². The van der Waals surface area contributed by atoms with E-state index >= 15 is 0 Å². The molecular formula is C13H17IO. The number of alkyl halides is 1. The molecule has 1 aromatic carbocycles. The predicted molar refractivity (Wildman–Crippen MR) is 72.1 cm³/mol. The molecule has 0 radical (unpaired) electrons. The smallest absolute Gasteiger partial charge is 0.123 e. The van der Waals surface area contributed by atoms with Crippen LogP contribution < -0.4 is 4.74 Å². The summed E-state index contributed by atoms with van der Waals surface area (Å²) in [6, 6.07) is 6.62. The highest BCUT2D eigenvalue weighted by molar-refractivity contribution is 14.1. The summed E-state index contributed by atoms with van der Waals surface area (Å²) in [5.41, 5.74) is 3.01. The molecule has 82 valence electrons. The Morgan fingerprint density at radius 1 is 1.40 bits per heavy atom. The van der Waals surface area contributed by atoms with Gasteiger partial charge in [-0.15, -0.1) is 0 Å². The van der Waals surface area contributed by atoms with Gasteiger partial charge in [-0.1, -0.05) is 55.5 Å². The Bertz CT molecular complexity index is 365. The number of benzene rings is 1. The topological polar surface area (TPSA) is 9.23 Å². The molecule has 0 spiro atoms. The lowest BCUT2D eigenvalue weighted by atomic mass is 9.86. The molecule has 1 aromatic rings. The first-order valence-electron chi connectivity index (χ1n) is 5.37. The van der Waals surface area contributed by atoms with E-state index in [2.05, 4.69) is 61.6 Å². The molecule has 0 bridgehead atoms. The molecule has 0 aromatic heterocycles. The van der Waals surface area contributed by atoms with E-state index in [1.54, 1.807) is 0 Å². The zero-order chi connectivity index (χ0) is 11.1. The van der Waals surface area contributed by atoms with Gasteiger partial charge < -0.3 is 4.74 Å². The van der Waals surface area contributed by atoms with Crippen LogP contribution in [0.2, 0.25) is 0 Å². The molecule has 1 aliphatic rings. The summed E-state index contributed by atoms with van der Waals surface area (Å²) < 4.78 is 6.88. The largest absolute Gasteiger partial charge is 0.489 e. The maximum atomic E-state index is 5.82. The minimum atomic E-state index is 0.234. The zero-order valence-corrected chi connectivity index (χ0v) is 11.7. The monoisotopic (exact) mass is 316 g/mol. The summed E-state index contributed by atoms with van der Waals surface area (Å²) in [6.45, 7) is 6.75. The number of fused-ring (bicyclic) bond motifs is 1. The van der Waals surface area contributed by atoms with E-state index in [4.69, 9.17) is 4.74 Å². The highest BCUT2D eigenvalue weighted by atomic mass is 127. The van der Waals surface area contributed by atoms with Crippen LogP contribution in [0.3, 0.4) is 0 Å². The average Bonchev–Trinajstić information content (AvgIpc) is 2.57. The van der Waals surface area contributed by atoms with Crippen molar-refractivity contribution in [1.82, 2.24) is 0 Å². The summed E-state index contributed by atoms with van der Waals surface area (Å²) in [6.07, 6.45) is 1.46. The maximum Gasteiger partial charge on any atom is 0.123 e. The lowest BCUT2D eigenvalue weighted by Crippen LogP contribution is -2.13. The average molecular weight is 316 g/mol. The fraction of sp³-hybridized carbons (Fsp3) is 0.538. The van der Waals surface area contributed by atoms with E-state index in [-0.39, 0.29) is 5.41 Å². The van der Waals surface area contributed by atoms with Crippen molar-refractivity contribution in [1.29, 1.82) is 0 Å². The molecule has 0 N–H and O–H groups in total. The Balaban J connectivity index is 2.30. The Morgan fingerprint density at radius 2 is 2.13 bits per heavy atom. The molecule has 0 saturated heterocycles. The van der Waals surface area contributed by atoms with Crippen LogP contribution in [-0.2, 0) is 11.8 Å². The van der Waals surface area contributed by atoms with Gasteiger partial charge in [-0.3, -0.25) is 0 Å². The van der Waals surface area contributed by atoms with Gasteiger partial charge >= 0.3 is 0 Å². The summed E-state index contributed by atoms with van der Waals surface area (Å²) in [5.74, 6) is 1.09. The molecule has 1 atom stereocenters. The first kappa shape index (κ1) is 11.2. The predicted octanol–water partition coefficient (Wildman–Crippen LogP) is 3.72. The number of hydrogen-bond acceptors (Lipinski definition) is 1. The van der Waals surface area contributed by atoms with Crippen LogP contribution in [0, 0.1) is 0 Å². The van der Waals surface area contributed by atoms with Crippen LogP contribution in [0.5, 0.6) is 5.75 Å². The van der Waals surface area contributed by atoms with E-state index in [0.717, 1.165) is 16.6 Å². The summed E-state index contributed by atoms with van der Waals surface area (Å²) in [4.78, 5) is 0. The van der Waals surface area contributed by atoms with E-state index in [1.165, 1.54) is 11.1 Å². The van der Waals surface area contributed by atoms with Crippen LogP contribution in [0.15, 0.2) is 18.2 Å². The summed E-state index contributed by atoms with van der Waals surface area (Å²) in [7, 11) is 0. The SMILES string of the molecule is CC(C)(C)c1ccc2c(c1)CC(CI)O2. The fourth-order valence-electron chi connectivity index (χ4n) is 1.87. The molecule has 15 heavy (non-hydrogen) atoms. The summed E-state index contributed by atoms with van der Waals surface area (Å²) in [5, 5.41) is 0. The third kappa shape index (κ3) is 2.30. The Hall–Kier alpha value is -0.250. The van der Waals surface area contributed by atoms with E-state index in [1.807, 2.05) is 0 Å². The lowest BCUT2D eigenvalue weighted by Gasteiger charge is -2.19. The van der Waals surface area contributed by atoms with Gasteiger partial charge in [-0.25, -0.2) is 0 Å². The van der Waals surface area contributed by atoms with Crippen LogP contribution in [0.4, 0.5) is 0 Å². The minimum Gasteiger partial charge on any atom is -0.489 e. The second-order valence-corrected chi connectivity index (χ2v) is 6.05. The van der Waals surface area contributed by atoms with Gasteiger partial charge in [0.1, 0.15) is 11.9 Å². The third-order valence-corrected chi connectivity index (χ3v) is 3.82. The van der Waals surface area contributed by atoms with Crippen molar-refractivity contribution in [2.75, 3.05) is 4.43 Å². The first-order valence-corrected chi connectivity index (χ1v) is 6.89. The standard InChI is InChI=1S/C13H17IO/c1-13(2,3)10-4-5-12-9(6-10)7-11(8-14)15-12/h4-6,11H,7-8H2,1-3H3. The molecular weight excluding hydrogens is 299 g/mol. The lowest BCUT2D eigenvalue weighted by molar-refractivity contribution is 0.262. The van der Waals surface area contributed by atoms with Crippen molar-refractivity contribution in [3.8, 4) is 5.75 Å². The van der Waals surface area contributed by atoms with Crippen molar-refractivity contribution >= 4 is 22.6 Å². The van der Waals surface area contributed by atoms with Crippen molar-refractivity contribution in [2.24, 2.45) is 0 Å². The highest BCUT2D eigenvalue weighted by Gasteiger charge is 2.24. The van der Waals surface area contributed by atoms with Gasteiger partial charge in [0.25, 0.3) is 0 Å². The Morgan fingerprint density at radius 3 is 2.73 bits per heavy atom. The second kappa shape index (κ2) is 3.96. The molecule has 2 rings (SSSR count). The number of ether oxygens (including phenoxy) is 1. The normalized spacial score (nSPS) is 19.9. The zero-order valence-electron chi connectivity index (χ0n) is 9.51. The Kier molecular flexibility index (Phi) is 2.97. The van der Waals surface area contributed by atoms with Gasteiger partial charge in [-0.2, -0.15) is 0 Å². The molecule has 2 heteroatoms. The maximum absolute atomic E-state index is 5.82. The molecule has 0 saturated carbocycles. The minimum absolute atomic E-state index is 0.234. The van der Waals surface area contributed by atoms with Crippen LogP contribution in [0.1, 0.15) is 31.9 Å². The molecule has 0 aliphatic carbocycles. The van der Waals surface area contributed by atoms with Crippen molar-refractivity contribution in [3.63, 3.8) is 0 Å². The number of rotatable bonds is 1. The van der Waals surface area contributed by atoms with E-state index < -0.39 is 0 Å². The molecule has 1 aliphatic heterocycles. The van der Waals surface area contributed by atoms with Crippen molar-refractivity contribution in [3.05, 3.63) is 29.3 Å². The summed E-state index contributed by atoms with van der Waals surface area (Å²) >= 11 is 2.39. The van der Waals surface area contributed by atoms with Gasteiger partial charge in [-0.05, 0) is 22.6 Å². The third-order valence-electron chi connectivity index (χ3n) is 2.84. The highest BCUT2D eigenvalue weighted by Crippen LogP contribution is 2.33. The van der Waals surface area contributed by atoms with Gasteiger partial charge in [0.05, 0.1) is 0 Å². The van der Waals surface area contributed by atoms with Crippen molar-refractivity contribution in [2.45, 2.75) is 38.7 Å². The first-order chi connectivity index (χ1) is 7.00. The van der Waals surface area contributed by atoms with E-state index in [9.17, 15) is 0 Å².